The second-order valence-corrected chi connectivity index (χ2v) is 11.7. The Morgan fingerprint density at radius 3 is 1.03 bits per heavy atom. The lowest BCUT2D eigenvalue weighted by Gasteiger charge is -2.23. The number of hydrogen-bond donors (Lipinski definition) is 2. The zero-order chi connectivity index (χ0) is 26.0. The minimum atomic E-state index is -0.243. The fourth-order valence-electron chi connectivity index (χ4n) is 4.62. The van der Waals surface area contributed by atoms with Gasteiger partial charge in [-0.3, -0.25) is 0 Å². The Morgan fingerprint density at radius 2 is 0.743 bits per heavy atom. The second kappa shape index (κ2) is 27.2. The maximum Gasteiger partial charge on any atom is 0.0631 e. The maximum absolute atomic E-state index is 10.4. The van der Waals surface area contributed by atoms with Gasteiger partial charge >= 0.3 is 0 Å². The van der Waals surface area contributed by atoms with Crippen LogP contribution in [0.25, 0.3) is 0 Å². The van der Waals surface area contributed by atoms with E-state index in [2.05, 4.69) is 37.5 Å². The van der Waals surface area contributed by atoms with Crippen molar-refractivity contribution in [3.8, 4) is 0 Å². The topological polar surface area (TPSA) is 46.9 Å². The monoisotopic (exact) mass is 516 g/mol. The van der Waals surface area contributed by atoms with Gasteiger partial charge in [0.15, 0.2) is 0 Å². The Hall–Kier alpha value is 0.190. The molecular formula is C30H64N2O2S. The molecule has 0 aromatic carbocycles. The maximum atomic E-state index is 10.4. The van der Waals surface area contributed by atoms with Crippen LogP contribution < -0.4 is 0 Å². The molecule has 0 bridgehead atoms. The fourth-order valence-corrected chi connectivity index (χ4v) is 5.63. The van der Waals surface area contributed by atoms with Gasteiger partial charge in [-0.2, -0.15) is 11.8 Å². The summed E-state index contributed by atoms with van der Waals surface area (Å²) in [5.41, 5.74) is 0. The molecular weight excluding hydrogens is 452 g/mol. The van der Waals surface area contributed by atoms with Crippen LogP contribution in [0.5, 0.6) is 0 Å². The smallest absolute Gasteiger partial charge is 0.0631 e. The van der Waals surface area contributed by atoms with Crippen molar-refractivity contribution in [2.75, 3.05) is 50.8 Å². The third-order valence-electron chi connectivity index (χ3n) is 6.96. The van der Waals surface area contributed by atoms with Crippen molar-refractivity contribution in [2.45, 2.75) is 143 Å². The van der Waals surface area contributed by atoms with Gasteiger partial charge < -0.3 is 20.0 Å². The van der Waals surface area contributed by atoms with Gasteiger partial charge in [0.1, 0.15) is 0 Å². The second-order valence-electron chi connectivity index (χ2n) is 10.6. The predicted octanol–water partition coefficient (Wildman–Crippen LogP) is 7.37. The van der Waals surface area contributed by atoms with Crippen LogP contribution >= 0.6 is 11.8 Å². The van der Waals surface area contributed by atoms with Gasteiger partial charge in [-0.1, -0.05) is 79.1 Å². The highest BCUT2D eigenvalue weighted by Crippen LogP contribution is 2.13. The molecule has 0 spiro atoms. The number of aliphatic hydroxyl groups is 2. The predicted molar refractivity (Wildman–Crippen MR) is 159 cm³/mol. The van der Waals surface area contributed by atoms with Gasteiger partial charge in [0, 0.05) is 11.5 Å². The number of unbranched alkanes of at least 4 members (excludes halogenated alkanes) is 8. The van der Waals surface area contributed by atoms with Gasteiger partial charge in [0.25, 0.3) is 0 Å². The Bertz CT molecular complexity index is 358. The van der Waals surface area contributed by atoms with Crippen molar-refractivity contribution < 1.29 is 10.2 Å². The number of thioether (sulfide) groups is 1. The largest absolute Gasteiger partial charge is 0.392 e. The number of rotatable bonds is 28. The molecule has 0 aliphatic carbocycles. The first-order chi connectivity index (χ1) is 17.1. The van der Waals surface area contributed by atoms with E-state index in [0.29, 0.717) is 0 Å². The number of hydrogen-bond acceptors (Lipinski definition) is 5. The molecule has 35 heavy (non-hydrogen) atoms. The van der Waals surface area contributed by atoms with Crippen LogP contribution in [0.1, 0.15) is 130 Å². The summed E-state index contributed by atoms with van der Waals surface area (Å²) in [5, 5.41) is 20.9. The van der Waals surface area contributed by atoms with Crippen molar-refractivity contribution >= 4 is 11.8 Å². The van der Waals surface area contributed by atoms with E-state index in [1.165, 1.54) is 103 Å². The van der Waals surface area contributed by atoms with E-state index in [1.54, 1.807) is 11.8 Å². The Balaban J connectivity index is 3.99. The number of aliphatic hydroxyl groups excluding tert-OH is 2. The molecule has 212 valence electrons. The van der Waals surface area contributed by atoms with Crippen LogP contribution in [0, 0.1) is 0 Å². The van der Waals surface area contributed by atoms with Gasteiger partial charge in [0.2, 0.25) is 0 Å². The van der Waals surface area contributed by atoms with Crippen molar-refractivity contribution in [1.29, 1.82) is 0 Å². The summed E-state index contributed by atoms with van der Waals surface area (Å²) in [6.45, 7) is 16.2. The van der Waals surface area contributed by atoms with E-state index in [1.807, 2.05) is 0 Å². The van der Waals surface area contributed by atoms with Crippen LogP contribution in [0.3, 0.4) is 0 Å². The molecule has 2 unspecified atom stereocenters. The third-order valence-corrected chi connectivity index (χ3v) is 8.20. The lowest BCUT2D eigenvalue weighted by atomic mass is 10.1. The molecule has 0 aliphatic heterocycles. The zero-order valence-corrected chi connectivity index (χ0v) is 25.1. The van der Waals surface area contributed by atoms with E-state index >= 15 is 0 Å². The molecule has 0 aromatic rings. The first-order valence-corrected chi connectivity index (χ1v) is 16.6. The quantitative estimate of drug-likeness (QED) is 0.106. The molecule has 2 N–H and O–H groups in total. The molecule has 0 aliphatic rings. The van der Waals surface area contributed by atoms with E-state index in [-0.39, 0.29) is 12.2 Å². The highest BCUT2D eigenvalue weighted by molar-refractivity contribution is 7.99. The lowest BCUT2D eigenvalue weighted by Crippen LogP contribution is -2.28. The van der Waals surface area contributed by atoms with Crippen LogP contribution in [0.15, 0.2) is 0 Å². The molecule has 0 aromatic heterocycles. The SMILES string of the molecule is CCCCCN(CCCCC)CCCC(O)CSCC(O)CCCN(CCCCC)CCCCC. The summed E-state index contributed by atoms with van der Waals surface area (Å²) in [6, 6.07) is 0. The van der Waals surface area contributed by atoms with Gasteiger partial charge in [-0.15, -0.1) is 0 Å². The van der Waals surface area contributed by atoms with Gasteiger partial charge in [-0.25, -0.2) is 0 Å². The summed E-state index contributed by atoms with van der Waals surface area (Å²) in [6.07, 6.45) is 19.0. The highest BCUT2D eigenvalue weighted by atomic mass is 32.2. The molecule has 0 radical (unpaired) electrons. The summed E-state index contributed by atoms with van der Waals surface area (Å²) in [7, 11) is 0. The first kappa shape index (κ1) is 35.2. The van der Waals surface area contributed by atoms with Gasteiger partial charge in [-0.05, 0) is 90.6 Å². The molecule has 0 rings (SSSR count). The zero-order valence-electron chi connectivity index (χ0n) is 24.3. The van der Waals surface area contributed by atoms with Crippen molar-refractivity contribution in [3.05, 3.63) is 0 Å². The molecule has 2 atom stereocenters. The van der Waals surface area contributed by atoms with E-state index < -0.39 is 0 Å². The third kappa shape index (κ3) is 24.3. The molecule has 0 heterocycles. The van der Waals surface area contributed by atoms with Crippen molar-refractivity contribution in [2.24, 2.45) is 0 Å². The first-order valence-electron chi connectivity index (χ1n) is 15.5. The Kier molecular flexibility index (Phi) is 27.4. The minimum absolute atomic E-state index is 0.243. The normalized spacial score (nSPS) is 13.7. The molecule has 0 saturated carbocycles. The highest BCUT2D eigenvalue weighted by Gasteiger charge is 2.11. The van der Waals surface area contributed by atoms with Crippen LogP contribution in [0.2, 0.25) is 0 Å². The van der Waals surface area contributed by atoms with E-state index in [0.717, 1.165) is 50.3 Å². The summed E-state index contributed by atoms with van der Waals surface area (Å²) < 4.78 is 0. The molecule has 0 fully saturated rings. The average Bonchev–Trinajstić information content (AvgIpc) is 2.84. The van der Waals surface area contributed by atoms with Crippen molar-refractivity contribution in [1.82, 2.24) is 9.80 Å². The fraction of sp³-hybridized carbons (Fsp3) is 1.00. The van der Waals surface area contributed by atoms with Crippen LogP contribution in [0.4, 0.5) is 0 Å². The molecule has 4 nitrogen and oxygen atoms in total. The van der Waals surface area contributed by atoms with Crippen LogP contribution in [-0.4, -0.2) is 83.0 Å². The van der Waals surface area contributed by atoms with E-state index in [9.17, 15) is 10.2 Å². The molecule has 5 heteroatoms. The standard InChI is InChI=1S/C30H64N2O2S/c1-5-9-13-21-31(22-14-10-6-2)25-17-19-29(33)27-35-28-30(34)20-18-26-32(23-15-11-7-3)24-16-12-8-4/h29-30,33-34H,5-28H2,1-4H3. The minimum Gasteiger partial charge on any atom is -0.392 e. The molecule has 0 amide bonds. The molecule has 0 saturated heterocycles. The van der Waals surface area contributed by atoms with Gasteiger partial charge in [0.05, 0.1) is 12.2 Å². The Labute approximate surface area is 225 Å². The average molecular weight is 517 g/mol. The van der Waals surface area contributed by atoms with Crippen LogP contribution in [-0.2, 0) is 0 Å². The summed E-state index contributed by atoms with van der Waals surface area (Å²) in [4.78, 5) is 5.23. The summed E-state index contributed by atoms with van der Waals surface area (Å²) in [5.74, 6) is 1.51. The van der Waals surface area contributed by atoms with Crippen molar-refractivity contribution in [3.63, 3.8) is 0 Å². The lowest BCUT2D eigenvalue weighted by molar-refractivity contribution is 0.169. The summed E-state index contributed by atoms with van der Waals surface area (Å²) >= 11 is 1.73. The van der Waals surface area contributed by atoms with E-state index in [4.69, 9.17) is 0 Å². The Morgan fingerprint density at radius 1 is 0.457 bits per heavy atom. The number of nitrogens with zero attached hydrogens (tertiary/aromatic N) is 2.